The van der Waals surface area contributed by atoms with Crippen LogP contribution in [0.4, 0.5) is 0 Å². The second-order valence-corrected chi connectivity index (χ2v) is 4.79. The molecule has 0 radical (unpaired) electrons. The molecular formula is C14H20N2O. The third-order valence-corrected chi connectivity index (χ3v) is 3.54. The van der Waals surface area contributed by atoms with Crippen LogP contribution < -0.4 is 5.73 Å². The number of carbonyl (C=O) groups excluding carboxylic acids is 1. The highest BCUT2D eigenvalue weighted by Crippen LogP contribution is 2.26. The van der Waals surface area contributed by atoms with Gasteiger partial charge in [-0.1, -0.05) is 25.7 Å². The van der Waals surface area contributed by atoms with Crippen molar-refractivity contribution < 1.29 is 4.79 Å². The maximum absolute atomic E-state index is 12.4. The molecule has 3 heteroatoms. The lowest BCUT2D eigenvalue weighted by Crippen LogP contribution is -2.15. The normalized spacial score (nSPS) is 17.7. The van der Waals surface area contributed by atoms with Gasteiger partial charge in [-0.05, 0) is 25.0 Å². The van der Waals surface area contributed by atoms with Gasteiger partial charge in [-0.15, -0.1) is 0 Å². The van der Waals surface area contributed by atoms with Gasteiger partial charge >= 0.3 is 0 Å². The number of ketones is 1. The van der Waals surface area contributed by atoms with Gasteiger partial charge in [-0.2, -0.15) is 0 Å². The van der Waals surface area contributed by atoms with E-state index < -0.39 is 0 Å². The minimum Gasteiger partial charge on any atom is -0.325 e. The first-order valence-electron chi connectivity index (χ1n) is 6.50. The van der Waals surface area contributed by atoms with Gasteiger partial charge in [0.2, 0.25) is 0 Å². The number of Topliss-reactive ketones (excluding diaryl/α,β-unsaturated/α-hetero) is 1. The summed E-state index contributed by atoms with van der Waals surface area (Å²) in [4.78, 5) is 16.5. The van der Waals surface area contributed by atoms with Crippen molar-refractivity contribution >= 4 is 5.78 Å². The van der Waals surface area contributed by atoms with E-state index in [9.17, 15) is 4.79 Å². The Hall–Kier alpha value is -1.22. The van der Waals surface area contributed by atoms with E-state index in [1.54, 1.807) is 6.20 Å². The number of aromatic nitrogens is 1. The van der Waals surface area contributed by atoms with E-state index in [1.165, 1.54) is 25.7 Å². The van der Waals surface area contributed by atoms with Crippen molar-refractivity contribution in [2.75, 3.05) is 0 Å². The van der Waals surface area contributed by atoms with Crippen LogP contribution in [0.1, 0.15) is 54.6 Å². The fourth-order valence-electron chi connectivity index (χ4n) is 2.52. The number of nitrogens with two attached hydrogens (primary N) is 1. The van der Waals surface area contributed by atoms with E-state index in [-0.39, 0.29) is 11.7 Å². The zero-order valence-corrected chi connectivity index (χ0v) is 10.2. The highest BCUT2D eigenvalue weighted by molar-refractivity contribution is 5.97. The van der Waals surface area contributed by atoms with E-state index in [0.29, 0.717) is 6.54 Å². The average molecular weight is 232 g/mol. The fourth-order valence-corrected chi connectivity index (χ4v) is 2.52. The monoisotopic (exact) mass is 232 g/mol. The molecule has 1 aromatic rings. The summed E-state index contributed by atoms with van der Waals surface area (Å²) in [5.74, 6) is 0.495. The molecule has 0 amide bonds. The van der Waals surface area contributed by atoms with Crippen molar-refractivity contribution in [2.45, 2.75) is 45.1 Å². The Balaban J connectivity index is 2.11. The van der Waals surface area contributed by atoms with Gasteiger partial charge in [0, 0.05) is 24.2 Å². The van der Waals surface area contributed by atoms with Crippen LogP contribution in [0, 0.1) is 5.92 Å². The van der Waals surface area contributed by atoms with Crippen molar-refractivity contribution in [3.63, 3.8) is 0 Å². The Morgan fingerprint density at radius 2 is 2.00 bits per heavy atom. The number of pyridine rings is 1. The highest BCUT2D eigenvalue weighted by Gasteiger charge is 2.21. The first-order valence-corrected chi connectivity index (χ1v) is 6.50. The fraction of sp³-hybridized carbons (Fsp3) is 0.571. The molecule has 0 spiro atoms. The predicted octanol–water partition coefficient (Wildman–Crippen LogP) is 2.69. The highest BCUT2D eigenvalue weighted by atomic mass is 16.1. The smallest absolute Gasteiger partial charge is 0.166 e. The second-order valence-electron chi connectivity index (χ2n) is 4.79. The zero-order chi connectivity index (χ0) is 12.1. The number of rotatable bonds is 3. The lowest BCUT2D eigenvalue weighted by atomic mass is 9.91. The average Bonchev–Trinajstić information content (AvgIpc) is 2.67. The van der Waals surface area contributed by atoms with E-state index >= 15 is 0 Å². The van der Waals surface area contributed by atoms with Gasteiger partial charge in [0.25, 0.3) is 0 Å². The van der Waals surface area contributed by atoms with Crippen LogP contribution in [0.15, 0.2) is 18.3 Å². The molecule has 0 aromatic carbocycles. The summed E-state index contributed by atoms with van der Waals surface area (Å²) in [7, 11) is 0. The minimum atomic E-state index is 0.213. The van der Waals surface area contributed by atoms with E-state index in [0.717, 1.165) is 24.1 Å². The van der Waals surface area contributed by atoms with Crippen LogP contribution in [0.2, 0.25) is 0 Å². The summed E-state index contributed by atoms with van der Waals surface area (Å²) in [5.41, 5.74) is 7.13. The molecule has 0 aliphatic heterocycles. The molecule has 1 heterocycles. The molecule has 1 aliphatic carbocycles. The number of hydrogen-bond acceptors (Lipinski definition) is 3. The molecule has 1 aromatic heterocycles. The van der Waals surface area contributed by atoms with Crippen molar-refractivity contribution in [3.05, 3.63) is 29.6 Å². The summed E-state index contributed by atoms with van der Waals surface area (Å²) in [6, 6.07) is 3.65. The standard InChI is InChI=1S/C14H20N2O/c15-10-13-9-12(7-8-16-13)14(17)11-5-3-1-2-4-6-11/h7-9,11H,1-6,10,15H2. The third kappa shape index (κ3) is 3.13. The van der Waals surface area contributed by atoms with Crippen molar-refractivity contribution in [1.29, 1.82) is 0 Å². The molecular weight excluding hydrogens is 212 g/mol. The van der Waals surface area contributed by atoms with Crippen LogP contribution in [0.3, 0.4) is 0 Å². The maximum atomic E-state index is 12.4. The molecule has 17 heavy (non-hydrogen) atoms. The van der Waals surface area contributed by atoms with Gasteiger partial charge in [-0.3, -0.25) is 9.78 Å². The molecule has 1 saturated carbocycles. The van der Waals surface area contributed by atoms with Gasteiger partial charge in [-0.25, -0.2) is 0 Å². The molecule has 0 saturated heterocycles. The van der Waals surface area contributed by atoms with Crippen LogP contribution in [0.5, 0.6) is 0 Å². The molecule has 2 N–H and O–H groups in total. The molecule has 2 rings (SSSR count). The summed E-state index contributed by atoms with van der Waals surface area (Å²) in [6.07, 6.45) is 8.68. The Morgan fingerprint density at radius 3 is 2.65 bits per heavy atom. The molecule has 1 fully saturated rings. The van der Waals surface area contributed by atoms with E-state index in [2.05, 4.69) is 4.98 Å². The van der Waals surface area contributed by atoms with Crippen LogP contribution in [-0.2, 0) is 6.54 Å². The van der Waals surface area contributed by atoms with Crippen LogP contribution in [0.25, 0.3) is 0 Å². The second kappa shape index (κ2) is 5.92. The van der Waals surface area contributed by atoms with E-state index in [1.807, 2.05) is 12.1 Å². The Morgan fingerprint density at radius 1 is 1.29 bits per heavy atom. The van der Waals surface area contributed by atoms with Gasteiger partial charge in [0.1, 0.15) is 0 Å². The van der Waals surface area contributed by atoms with E-state index in [4.69, 9.17) is 5.73 Å². The predicted molar refractivity (Wildman–Crippen MR) is 67.7 cm³/mol. The lowest BCUT2D eigenvalue weighted by molar-refractivity contribution is 0.0907. The van der Waals surface area contributed by atoms with Crippen molar-refractivity contribution in [2.24, 2.45) is 11.7 Å². The SMILES string of the molecule is NCc1cc(C(=O)C2CCCCCC2)ccn1. The minimum absolute atomic E-state index is 0.213. The first-order chi connectivity index (χ1) is 8.31. The molecule has 1 aliphatic rings. The largest absolute Gasteiger partial charge is 0.325 e. The number of nitrogens with zero attached hydrogens (tertiary/aromatic N) is 1. The number of hydrogen-bond donors (Lipinski definition) is 1. The molecule has 0 unspecified atom stereocenters. The zero-order valence-electron chi connectivity index (χ0n) is 10.2. The van der Waals surface area contributed by atoms with Gasteiger partial charge < -0.3 is 5.73 Å². The lowest BCUT2D eigenvalue weighted by Gasteiger charge is -2.12. The summed E-state index contributed by atoms with van der Waals surface area (Å²) >= 11 is 0. The van der Waals surface area contributed by atoms with Crippen LogP contribution >= 0.6 is 0 Å². The summed E-state index contributed by atoms with van der Waals surface area (Å²) in [5, 5.41) is 0. The molecule has 0 atom stereocenters. The molecule has 3 nitrogen and oxygen atoms in total. The summed E-state index contributed by atoms with van der Waals surface area (Å²) in [6.45, 7) is 0.395. The van der Waals surface area contributed by atoms with Crippen LogP contribution in [-0.4, -0.2) is 10.8 Å². The quantitative estimate of drug-likeness (QED) is 0.644. The Bertz CT molecular complexity index is 382. The van der Waals surface area contributed by atoms with Crippen molar-refractivity contribution in [3.8, 4) is 0 Å². The first kappa shape index (κ1) is 12.2. The topological polar surface area (TPSA) is 56.0 Å². The van der Waals surface area contributed by atoms with Gasteiger partial charge in [0.15, 0.2) is 5.78 Å². The Kier molecular flexibility index (Phi) is 4.26. The summed E-state index contributed by atoms with van der Waals surface area (Å²) < 4.78 is 0. The van der Waals surface area contributed by atoms with Gasteiger partial charge in [0.05, 0.1) is 5.69 Å². The Labute approximate surface area is 102 Å². The van der Waals surface area contributed by atoms with Crippen molar-refractivity contribution in [1.82, 2.24) is 4.98 Å². The third-order valence-electron chi connectivity index (χ3n) is 3.54. The maximum Gasteiger partial charge on any atom is 0.166 e. The number of carbonyl (C=O) groups is 1. The molecule has 0 bridgehead atoms. The molecule has 92 valence electrons.